The van der Waals surface area contributed by atoms with Gasteiger partial charge in [-0.2, -0.15) is 0 Å². The fourth-order valence-corrected chi connectivity index (χ4v) is 2.96. The van der Waals surface area contributed by atoms with Gasteiger partial charge in [0.25, 0.3) is 9.05 Å². The first kappa shape index (κ1) is 13.3. The second-order valence-corrected chi connectivity index (χ2v) is 6.18. The summed E-state index contributed by atoms with van der Waals surface area (Å²) in [6, 6.07) is 1.55. The Morgan fingerprint density at radius 1 is 1.25 bits per heavy atom. The topological polar surface area (TPSA) is 43.4 Å². The Kier molecular flexibility index (Phi) is 3.86. The predicted molar refractivity (Wildman–Crippen MR) is 64.9 cm³/mol. The van der Waals surface area contributed by atoms with Gasteiger partial charge >= 0.3 is 0 Å². The molecule has 0 saturated heterocycles. The Morgan fingerprint density at radius 3 is 2.25 bits per heavy atom. The molecule has 0 unspecified atom stereocenters. The summed E-state index contributed by atoms with van der Waals surface area (Å²) in [5.74, 6) is 0.740. The molecule has 0 aromatic heterocycles. The fourth-order valence-electron chi connectivity index (χ4n) is 1.64. The predicted octanol–water partition coefficient (Wildman–Crippen LogP) is 2.94. The Balaban J connectivity index is 3.51. The van der Waals surface area contributed by atoms with E-state index < -0.39 is 9.05 Å². The number of halogens is 1. The van der Waals surface area contributed by atoms with Crippen LogP contribution in [0.15, 0.2) is 11.0 Å². The van der Waals surface area contributed by atoms with Crippen molar-refractivity contribution in [3.8, 4) is 5.75 Å². The summed E-state index contributed by atoms with van der Waals surface area (Å²) in [5.41, 5.74) is 2.24. The van der Waals surface area contributed by atoms with Crippen LogP contribution in [0.5, 0.6) is 5.75 Å². The first-order valence-electron chi connectivity index (χ1n) is 4.97. The van der Waals surface area contributed by atoms with Crippen molar-refractivity contribution in [1.29, 1.82) is 0 Å². The molecule has 1 aromatic carbocycles. The third-order valence-corrected chi connectivity index (χ3v) is 3.98. The summed E-state index contributed by atoms with van der Waals surface area (Å²) in [4.78, 5) is 0.160. The van der Waals surface area contributed by atoms with Crippen molar-refractivity contribution in [3.05, 3.63) is 22.8 Å². The Morgan fingerprint density at radius 2 is 1.81 bits per heavy atom. The molecule has 0 aliphatic rings. The average Bonchev–Trinajstić information content (AvgIpc) is 2.16. The Bertz CT molecular complexity index is 506. The average molecular weight is 263 g/mol. The summed E-state index contributed by atoms with van der Waals surface area (Å²) in [6.07, 6.45) is 0. The largest absolute Gasteiger partial charge is 0.493 e. The number of ether oxygens (including phenoxy) is 1. The third kappa shape index (κ3) is 2.50. The van der Waals surface area contributed by atoms with E-state index in [-0.39, 0.29) is 4.90 Å². The molecule has 5 heteroatoms. The maximum Gasteiger partial charge on any atom is 0.261 e. The van der Waals surface area contributed by atoms with Gasteiger partial charge in [-0.3, -0.25) is 0 Å². The lowest BCUT2D eigenvalue weighted by molar-refractivity contribution is 0.335. The molecule has 0 bridgehead atoms. The van der Waals surface area contributed by atoms with Crippen molar-refractivity contribution in [3.63, 3.8) is 0 Å². The molecule has 0 atom stereocenters. The lowest BCUT2D eigenvalue weighted by Crippen LogP contribution is -2.03. The minimum Gasteiger partial charge on any atom is -0.493 e. The SMILES string of the molecule is CCOc1c(C)cc(S(=O)(=O)Cl)c(C)c1C. The highest BCUT2D eigenvalue weighted by Crippen LogP contribution is 2.32. The molecule has 0 saturated carbocycles. The molecule has 0 N–H and O–H groups in total. The first-order valence-corrected chi connectivity index (χ1v) is 7.28. The molecule has 0 spiro atoms. The molecule has 0 fully saturated rings. The van der Waals surface area contributed by atoms with Gasteiger partial charge in [0.15, 0.2) is 0 Å². The Labute approximate surface area is 101 Å². The van der Waals surface area contributed by atoms with E-state index in [4.69, 9.17) is 15.4 Å². The number of aryl methyl sites for hydroxylation is 1. The van der Waals surface area contributed by atoms with Crippen LogP contribution in [0.3, 0.4) is 0 Å². The maximum atomic E-state index is 11.4. The van der Waals surface area contributed by atoms with Gasteiger partial charge < -0.3 is 4.74 Å². The molecule has 0 heterocycles. The highest BCUT2D eigenvalue weighted by atomic mass is 35.7. The molecule has 1 rings (SSSR count). The summed E-state index contributed by atoms with van der Waals surface area (Å²) < 4.78 is 28.2. The second kappa shape index (κ2) is 4.63. The van der Waals surface area contributed by atoms with Gasteiger partial charge in [0.2, 0.25) is 0 Å². The number of hydrogen-bond donors (Lipinski definition) is 0. The van der Waals surface area contributed by atoms with Crippen LogP contribution in [-0.2, 0) is 9.05 Å². The molecule has 3 nitrogen and oxygen atoms in total. The molecule has 16 heavy (non-hydrogen) atoms. The molecule has 0 radical (unpaired) electrons. The Hall–Kier alpha value is -0.740. The number of hydrogen-bond acceptors (Lipinski definition) is 3. The molecular weight excluding hydrogens is 248 g/mol. The maximum absolute atomic E-state index is 11.4. The van der Waals surface area contributed by atoms with Gasteiger partial charge in [0, 0.05) is 10.7 Å². The number of benzene rings is 1. The quantitative estimate of drug-likeness (QED) is 0.787. The van der Waals surface area contributed by atoms with Crippen molar-refractivity contribution >= 4 is 19.7 Å². The van der Waals surface area contributed by atoms with Gasteiger partial charge in [-0.15, -0.1) is 0 Å². The van der Waals surface area contributed by atoms with Crippen LogP contribution in [-0.4, -0.2) is 15.0 Å². The van der Waals surface area contributed by atoms with E-state index in [0.29, 0.717) is 12.2 Å². The highest BCUT2D eigenvalue weighted by molar-refractivity contribution is 8.13. The van der Waals surface area contributed by atoms with Crippen molar-refractivity contribution < 1.29 is 13.2 Å². The minimum atomic E-state index is -3.69. The second-order valence-electron chi connectivity index (χ2n) is 3.64. The van der Waals surface area contributed by atoms with Crippen LogP contribution in [0.4, 0.5) is 0 Å². The van der Waals surface area contributed by atoms with Crippen LogP contribution in [0, 0.1) is 20.8 Å². The monoisotopic (exact) mass is 262 g/mol. The van der Waals surface area contributed by atoms with Crippen molar-refractivity contribution in [2.75, 3.05) is 6.61 Å². The van der Waals surface area contributed by atoms with E-state index in [2.05, 4.69) is 0 Å². The van der Waals surface area contributed by atoms with Gasteiger partial charge in [0.05, 0.1) is 11.5 Å². The van der Waals surface area contributed by atoms with E-state index in [0.717, 1.165) is 16.9 Å². The summed E-state index contributed by atoms with van der Waals surface area (Å²) in [7, 11) is 1.68. The third-order valence-electron chi connectivity index (χ3n) is 2.53. The first-order chi connectivity index (χ1) is 7.29. The van der Waals surface area contributed by atoms with Gasteiger partial charge in [-0.05, 0) is 50.5 Å². The van der Waals surface area contributed by atoms with Gasteiger partial charge in [0.1, 0.15) is 5.75 Å². The molecule has 0 amide bonds. The summed E-state index contributed by atoms with van der Waals surface area (Å²) in [5, 5.41) is 0. The molecule has 0 aliphatic heterocycles. The van der Waals surface area contributed by atoms with Crippen LogP contribution < -0.4 is 4.74 Å². The van der Waals surface area contributed by atoms with Gasteiger partial charge in [-0.25, -0.2) is 8.42 Å². The number of rotatable bonds is 3. The van der Waals surface area contributed by atoms with Crippen LogP contribution in [0.25, 0.3) is 0 Å². The summed E-state index contributed by atoms with van der Waals surface area (Å²) >= 11 is 0. The fraction of sp³-hybridized carbons (Fsp3) is 0.455. The smallest absolute Gasteiger partial charge is 0.261 e. The molecule has 90 valence electrons. The molecule has 0 aliphatic carbocycles. The zero-order chi connectivity index (χ0) is 12.5. The van der Waals surface area contributed by atoms with E-state index in [1.54, 1.807) is 13.0 Å². The van der Waals surface area contributed by atoms with Gasteiger partial charge in [-0.1, -0.05) is 0 Å². The van der Waals surface area contributed by atoms with Crippen molar-refractivity contribution in [1.82, 2.24) is 0 Å². The van der Waals surface area contributed by atoms with E-state index in [1.807, 2.05) is 20.8 Å². The van der Waals surface area contributed by atoms with E-state index in [1.165, 1.54) is 0 Å². The van der Waals surface area contributed by atoms with Crippen LogP contribution >= 0.6 is 10.7 Å². The zero-order valence-corrected chi connectivity index (χ0v) is 11.4. The van der Waals surface area contributed by atoms with Crippen LogP contribution in [0.2, 0.25) is 0 Å². The lowest BCUT2D eigenvalue weighted by atomic mass is 10.1. The van der Waals surface area contributed by atoms with Crippen LogP contribution in [0.1, 0.15) is 23.6 Å². The highest BCUT2D eigenvalue weighted by Gasteiger charge is 2.19. The normalized spacial score (nSPS) is 11.6. The van der Waals surface area contributed by atoms with Crippen molar-refractivity contribution in [2.45, 2.75) is 32.6 Å². The standard InChI is InChI=1S/C11H15ClO3S/c1-5-15-11-7(2)6-10(16(12,13)14)8(3)9(11)4/h6H,5H2,1-4H3. The zero-order valence-electron chi connectivity index (χ0n) is 9.80. The summed E-state index contributed by atoms with van der Waals surface area (Å²) in [6.45, 7) is 7.81. The van der Waals surface area contributed by atoms with E-state index >= 15 is 0 Å². The molecule has 1 aromatic rings. The molecular formula is C11H15ClO3S. The lowest BCUT2D eigenvalue weighted by Gasteiger charge is -2.15. The van der Waals surface area contributed by atoms with E-state index in [9.17, 15) is 8.42 Å². The van der Waals surface area contributed by atoms with Crippen molar-refractivity contribution in [2.24, 2.45) is 0 Å². The minimum absolute atomic E-state index is 0.160.